The maximum Gasteiger partial charge on any atom is 0.155 e. The van der Waals surface area contributed by atoms with Gasteiger partial charge in [-0.25, -0.2) is 4.98 Å². The van der Waals surface area contributed by atoms with Crippen molar-refractivity contribution in [1.82, 2.24) is 9.38 Å². The number of halogens is 1. The van der Waals surface area contributed by atoms with Gasteiger partial charge < -0.3 is 18.8 Å². The lowest BCUT2D eigenvalue weighted by molar-refractivity contribution is 0.302. The second-order valence-electron chi connectivity index (χ2n) is 7.09. The van der Waals surface area contributed by atoms with Gasteiger partial charge in [-0.2, -0.15) is 0 Å². The molecule has 5 aromatic rings. The molecule has 3 heterocycles. The van der Waals surface area contributed by atoms with E-state index in [1.807, 2.05) is 65.2 Å². The molecule has 6 nitrogen and oxygen atoms in total. The second-order valence-corrected chi connectivity index (χ2v) is 7.53. The molecule has 0 unspecified atom stereocenters. The molecule has 0 atom stereocenters. The zero-order valence-electron chi connectivity index (χ0n) is 16.4. The van der Waals surface area contributed by atoms with Gasteiger partial charge in [0.15, 0.2) is 5.76 Å². The van der Waals surface area contributed by atoms with Crippen molar-refractivity contribution in [1.29, 1.82) is 0 Å². The van der Waals surface area contributed by atoms with Crippen LogP contribution in [0, 0.1) is 0 Å². The summed E-state index contributed by atoms with van der Waals surface area (Å²) in [6.07, 6.45) is 4.40. The van der Waals surface area contributed by atoms with Crippen molar-refractivity contribution in [2.45, 2.75) is 6.42 Å². The number of ether oxygens (including phenoxy) is 1. The van der Waals surface area contributed by atoms with Gasteiger partial charge in [0.2, 0.25) is 0 Å². The van der Waals surface area contributed by atoms with Crippen LogP contribution in [0.1, 0.15) is 5.56 Å². The highest BCUT2D eigenvalue weighted by Gasteiger charge is 2.10. The van der Waals surface area contributed by atoms with Crippen LogP contribution in [0.4, 0.5) is 0 Å². The van der Waals surface area contributed by atoms with E-state index in [-0.39, 0.29) is 0 Å². The van der Waals surface area contributed by atoms with Gasteiger partial charge in [0.25, 0.3) is 0 Å². The number of nitrogens with zero attached hydrogens (tertiary/aromatic N) is 3. The summed E-state index contributed by atoms with van der Waals surface area (Å²) >= 11 is 5.92. The molecule has 0 aliphatic carbocycles. The number of fused-ring (bicyclic) bond motifs is 2. The minimum absolute atomic E-state index is 0.386. The molecule has 7 heteroatoms. The van der Waals surface area contributed by atoms with Gasteiger partial charge in [-0.15, -0.1) is 0 Å². The molecule has 0 aliphatic heterocycles. The molecule has 0 bridgehead atoms. The fourth-order valence-electron chi connectivity index (χ4n) is 3.46. The normalized spacial score (nSPS) is 12.0. The van der Waals surface area contributed by atoms with E-state index in [0.717, 1.165) is 17.5 Å². The smallest absolute Gasteiger partial charge is 0.155 e. The van der Waals surface area contributed by atoms with Gasteiger partial charge in [0.05, 0.1) is 18.3 Å². The first-order chi connectivity index (χ1) is 15.2. The van der Waals surface area contributed by atoms with Crippen molar-refractivity contribution >= 4 is 28.1 Å². The Morgan fingerprint density at radius 2 is 1.94 bits per heavy atom. The van der Waals surface area contributed by atoms with Crippen molar-refractivity contribution in [3.05, 3.63) is 95.2 Å². The number of benzene rings is 2. The second kappa shape index (κ2) is 8.16. The molecule has 154 valence electrons. The van der Waals surface area contributed by atoms with E-state index in [4.69, 9.17) is 20.8 Å². The fourth-order valence-corrected chi connectivity index (χ4v) is 3.58. The number of hydrogen-bond acceptors (Lipinski definition) is 5. The van der Waals surface area contributed by atoms with E-state index < -0.39 is 0 Å². The fraction of sp³-hybridized carbons (Fsp3) is 0.0833. The molecule has 0 radical (unpaired) electrons. The first kappa shape index (κ1) is 19.2. The molecule has 0 amide bonds. The van der Waals surface area contributed by atoms with Crippen molar-refractivity contribution in [2.75, 3.05) is 6.61 Å². The number of rotatable bonds is 5. The average Bonchev–Trinajstić information content (AvgIpc) is 3.27. The van der Waals surface area contributed by atoms with E-state index in [1.165, 1.54) is 0 Å². The third-order valence-electron chi connectivity index (χ3n) is 5.07. The lowest BCUT2D eigenvalue weighted by Crippen LogP contribution is -2.05. The van der Waals surface area contributed by atoms with Gasteiger partial charge in [0, 0.05) is 29.2 Å². The van der Waals surface area contributed by atoms with Gasteiger partial charge in [-0.05, 0) is 54.1 Å². The Balaban J connectivity index is 1.42. The maximum absolute atomic E-state index is 9.59. The first-order valence-corrected chi connectivity index (χ1v) is 10.1. The lowest BCUT2D eigenvalue weighted by Gasteiger charge is -2.09. The summed E-state index contributed by atoms with van der Waals surface area (Å²) in [5, 5.41) is 14.8. The quantitative estimate of drug-likeness (QED) is 0.302. The summed E-state index contributed by atoms with van der Waals surface area (Å²) < 4.78 is 13.8. The van der Waals surface area contributed by atoms with Crippen LogP contribution in [0.25, 0.3) is 27.9 Å². The molecule has 0 fully saturated rings. The summed E-state index contributed by atoms with van der Waals surface area (Å²) in [6, 6.07) is 20.7. The molecule has 0 saturated carbocycles. The van der Waals surface area contributed by atoms with E-state index >= 15 is 0 Å². The first-order valence-electron chi connectivity index (χ1n) is 9.76. The monoisotopic (exact) mass is 431 g/mol. The van der Waals surface area contributed by atoms with Crippen LogP contribution in [0.5, 0.6) is 5.75 Å². The molecular formula is C24H18ClN3O3. The molecule has 5 rings (SSSR count). The highest BCUT2D eigenvalue weighted by Crippen LogP contribution is 2.24. The average molecular weight is 432 g/mol. The molecule has 0 spiro atoms. The summed E-state index contributed by atoms with van der Waals surface area (Å²) in [7, 11) is 0. The minimum Gasteiger partial charge on any atom is -0.493 e. The van der Waals surface area contributed by atoms with E-state index in [1.54, 1.807) is 18.5 Å². The van der Waals surface area contributed by atoms with Crippen LogP contribution >= 0.6 is 11.6 Å². The number of hydrogen-bond donors (Lipinski definition) is 1. The summed E-state index contributed by atoms with van der Waals surface area (Å²) in [4.78, 5) is 4.44. The van der Waals surface area contributed by atoms with E-state index in [9.17, 15) is 5.21 Å². The summed E-state index contributed by atoms with van der Waals surface area (Å²) in [5.41, 5.74) is 3.37. The highest BCUT2D eigenvalue weighted by molar-refractivity contribution is 6.30. The topological polar surface area (TPSA) is 72.3 Å². The predicted molar refractivity (Wildman–Crippen MR) is 118 cm³/mol. The van der Waals surface area contributed by atoms with E-state index in [0.29, 0.717) is 45.2 Å². The maximum atomic E-state index is 9.59. The van der Waals surface area contributed by atoms with Crippen LogP contribution in [0.3, 0.4) is 0 Å². The van der Waals surface area contributed by atoms with Gasteiger partial charge in [-0.1, -0.05) is 28.9 Å². The zero-order chi connectivity index (χ0) is 21.2. The van der Waals surface area contributed by atoms with Crippen LogP contribution in [-0.4, -0.2) is 21.2 Å². The van der Waals surface area contributed by atoms with Crippen LogP contribution < -0.4 is 10.1 Å². The Kier molecular flexibility index (Phi) is 5.06. The Labute approximate surface area is 182 Å². The third kappa shape index (κ3) is 3.98. The van der Waals surface area contributed by atoms with Crippen molar-refractivity contribution < 1.29 is 14.4 Å². The predicted octanol–water partition coefficient (Wildman–Crippen LogP) is 5.31. The van der Waals surface area contributed by atoms with Crippen molar-refractivity contribution in [3.8, 4) is 17.2 Å². The molecule has 3 aromatic heterocycles. The zero-order valence-corrected chi connectivity index (χ0v) is 17.2. The molecule has 1 N–H and O–H groups in total. The van der Waals surface area contributed by atoms with Crippen LogP contribution in [-0.2, 0) is 6.42 Å². The van der Waals surface area contributed by atoms with Gasteiger partial charge in [-0.3, -0.25) is 0 Å². The summed E-state index contributed by atoms with van der Waals surface area (Å²) in [6.45, 7) is 0.509. The van der Waals surface area contributed by atoms with Crippen molar-refractivity contribution in [3.63, 3.8) is 0 Å². The largest absolute Gasteiger partial charge is 0.493 e. The summed E-state index contributed by atoms with van der Waals surface area (Å²) in [5.74, 6) is 1.18. The lowest BCUT2D eigenvalue weighted by atomic mass is 10.1. The Hall–Kier alpha value is -3.77. The molecule has 0 saturated heterocycles. The van der Waals surface area contributed by atoms with Gasteiger partial charge >= 0.3 is 0 Å². The van der Waals surface area contributed by atoms with Crippen LogP contribution in [0.15, 0.2) is 88.8 Å². The minimum atomic E-state index is 0.386. The molecular weight excluding hydrogens is 414 g/mol. The molecule has 0 aliphatic rings. The molecule has 31 heavy (non-hydrogen) atoms. The highest BCUT2D eigenvalue weighted by atomic mass is 35.5. The third-order valence-corrected chi connectivity index (χ3v) is 5.32. The van der Waals surface area contributed by atoms with E-state index in [2.05, 4.69) is 10.1 Å². The van der Waals surface area contributed by atoms with Gasteiger partial charge in [0.1, 0.15) is 22.4 Å². The van der Waals surface area contributed by atoms with Crippen molar-refractivity contribution in [2.24, 2.45) is 5.16 Å². The standard InChI is InChI=1S/C24H18ClN3O3/c25-17-5-3-16(4-6-17)9-11-30-19-7-8-23-20(13-19)21(27-29)14-24(31-23)22-12-18-2-1-10-28(18)15-26-22/h1-8,10,12-15,29H,9,11H2/b27-21-. The SMILES string of the molecule is O/N=c1/cc(-c2cc3cccn3cn2)oc2ccc(OCCc3ccc(Cl)cc3)cc12. The Morgan fingerprint density at radius 1 is 1.06 bits per heavy atom. The Morgan fingerprint density at radius 3 is 2.77 bits per heavy atom. The Bertz CT molecular complexity index is 1440. The van der Waals surface area contributed by atoms with Crippen LogP contribution in [0.2, 0.25) is 5.02 Å². The molecule has 2 aromatic carbocycles. The number of aromatic nitrogens is 2.